The van der Waals surface area contributed by atoms with Crippen molar-refractivity contribution in [3.05, 3.63) is 23.0 Å². The van der Waals surface area contributed by atoms with Crippen molar-refractivity contribution in [2.24, 2.45) is 0 Å². The fourth-order valence-corrected chi connectivity index (χ4v) is 5.55. The zero-order chi connectivity index (χ0) is 17.7. The Labute approximate surface area is 147 Å². The Hall–Kier alpha value is -1.11. The summed E-state index contributed by atoms with van der Waals surface area (Å²) in [7, 11) is -1.65. The van der Waals surface area contributed by atoms with Crippen LogP contribution in [0.2, 0.25) is 5.02 Å². The third-order valence-electron chi connectivity index (χ3n) is 4.41. The molecule has 0 bridgehead atoms. The molecule has 0 N–H and O–H groups in total. The molecule has 1 fully saturated rings. The van der Waals surface area contributed by atoms with Gasteiger partial charge >= 0.3 is 0 Å². The van der Waals surface area contributed by atoms with Gasteiger partial charge in [0.1, 0.15) is 10.4 Å². The molecule has 2 heterocycles. The number of sulfone groups is 1. The Morgan fingerprint density at radius 3 is 2.67 bits per heavy atom. The van der Waals surface area contributed by atoms with Crippen LogP contribution < -0.4 is 0 Å². The standard InChI is InChI=1S/C17H23ClN2O3S/c1-17(2,3)16-19-13-8-7-12(18)15(14(13)23-16)24(21,22)11-6-5-9-20(4)10-11/h7-8,11H,5-6,9-10H2,1-4H3/t11-/m0/s1. The molecule has 1 aromatic carbocycles. The van der Waals surface area contributed by atoms with Gasteiger partial charge in [-0.2, -0.15) is 0 Å². The molecule has 1 atom stereocenters. The van der Waals surface area contributed by atoms with Gasteiger partial charge in [-0.1, -0.05) is 32.4 Å². The molecule has 5 nitrogen and oxygen atoms in total. The SMILES string of the molecule is CN1CCC[C@H](S(=O)(=O)c2c(Cl)ccc3nc(C(C)(C)C)oc23)C1. The van der Waals surface area contributed by atoms with Crippen LogP contribution in [0, 0.1) is 0 Å². The smallest absolute Gasteiger partial charge is 0.200 e. The van der Waals surface area contributed by atoms with Gasteiger partial charge in [0.15, 0.2) is 15.4 Å². The fourth-order valence-electron chi connectivity index (χ4n) is 3.07. The van der Waals surface area contributed by atoms with E-state index < -0.39 is 15.1 Å². The van der Waals surface area contributed by atoms with Crippen LogP contribution in [0.5, 0.6) is 0 Å². The van der Waals surface area contributed by atoms with Crippen LogP contribution in [0.15, 0.2) is 21.4 Å². The molecular formula is C17H23ClN2O3S. The summed E-state index contributed by atoms with van der Waals surface area (Å²) in [5.41, 5.74) is 0.505. The molecule has 2 aromatic rings. The predicted octanol–water partition coefficient (Wildman–Crippen LogP) is 3.65. The molecule has 0 radical (unpaired) electrons. The predicted molar refractivity (Wildman–Crippen MR) is 95.4 cm³/mol. The monoisotopic (exact) mass is 370 g/mol. The van der Waals surface area contributed by atoms with Gasteiger partial charge in [-0.05, 0) is 38.6 Å². The topological polar surface area (TPSA) is 63.4 Å². The summed E-state index contributed by atoms with van der Waals surface area (Å²) in [6, 6.07) is 3.31. The quantitative estimate of drug-likeness (QED) is 0.807. The van der Waals surface area contributed by atoms with E-state index in [1.54, 1.807) is 12.1 Å². The van der Waals surface area contributed by atoms with Gasteiger partial charge in [-0.25, -0.2) is 13.4 Å². The van der Waals surface area contributed by atoms with Gasteiger partial charge in [-0.15, -0.1) is 0 Å². The minimum Gasteiger partial charge on any atom is -0.439 e. The Bertz CT molecular complexity index is 868. The first-order valence-corrected chi connectivity index (χ1v) is 10.0. The highest BCUT2D eigenvalue weighted by Crippen LogP contribution is 2.37. The molecule has 0 aliphatic carbocycles. The number of benzene rings is 1. The number of piperidine rings is 1. The highest BCUT2D eigenvalue weighted by Gasteiger charge is 2.35. The second kappa shape index (κ2) is 6.00. The van der Waals surface area contributed by atoms with Crippen LogP contribution in [0.1, 0.15) is 39.5 Å². The van der Waals surface area contributed by atoms with E-state index in [4.69, 9.17) is 16.0 Å². The minimum atomic E-state index is -3.59. The van der Waals surface area contributed by atoms with E-state index in [2.05, 4.69) is 4.98 Å². The lowest BCUT2D eigenvalue weighted by Crippen LogP contribution is -2.40. The molecule has 1 aromatic heterocycles. The van der Waals surface area contributed by atoms with Crippen LogP contribution in [-0.4, -0.2) is 43.7 Å². The largest absolute Gasteiger partial charge is 0.439 e. The van der Waals surface area contributed by atoms with E-state index in [0.29, 0.717) is 24.4 Å². The van der Waals surface area contributed by atoms with E-state index in [9.17, 15) is 8.42 Å². The Kier molecular flexibility index (Phi) is 4.43. The van der Waals surface area contributed by atoms with Crippen molar-refractivity contribution in [1.82, 2.24) is 9.88 Å². The number of oxazole rings is 1. The number of hydrogen-bond acceptors (Lipinski definition) is 5. The van der Waals surface area contributed by atoms with Gasteiger partial charge in [0.2, 0.25) is 5.89 Å². The average molecular weight is 371 g/mol. The maximum absolute atomic E-state index is 13.2. The fraction of sp³-hybridized carbons (Fsp3) is 0.588. The van der Waals surface area contributed by atoms with E-state index in [1.165, 1.54) is 0 Å². The number of halogens is 1. The summed E-state index contributed by atoms with van der Waals surface area (Å²) >= 11 is 6.29. The van der Waals surface area contributed by atoms with Gasteiger partial charge in [0, 0.05) is 12.0 Å². The third kappa shape index (κ3) is 3.07. The van der Waals surface area contributed by atoms with E-state index >= 15 is 0 Å². The Morgan fingerprint density at radius 1 is 1.33 bits per heavy atom. The summed E-state index contributed by atoms with van der Waals surface area (Å²) in [5, 5.41) is -0.269. The summed E-state index contributed by atoms with van der Waals surface area (Å²) < 4.78 is 32.3. The van der Waals surface area contributed by atoms with E-state index in [1.807, 2.05) is 32.7 Å². The Balaban J connectivity index is 2.17. The van der Waals surface area contributed by atoms with Crippen molar-refractivity contribution < 1.29 is 12.8 Å². The van der Waals surface area contributed by atoms with E-state index in [0.717, 1.165) is 13.0 Å². The van der Waals surface area contributed by atoms with Crippen LogP contribution in [0.3, 0.4) is 0 Å². The molecule has 3 rings (SSSR count). The summed E-state index contributed by atoms with van der Waals surface area (Å²) in [6.07, 6.45) is 1.50. The molecular weight excluding hydrogens is 348 g/mol. The molecule has 24 heavy (non-hydrogen) atoms. The van der Waals surface area contributed by atoms with Gasteiger partial charge in [0.25, 0.3) is 0 Å². The maximum atomic E-state index is 13.2. The molecule has 0 unspecified atom stereocenters. The molecule has 1 aliphatic rings. The van der Waals surface area contributed by atoms with Crippen molar-refractivity contribution in [1.29, 1.82) is 0 Å². The number of nitrogens with zero attached hydrogens (tertiary/aromatic N) is 2. The molecule has 1 aliphatic heterocycles. The van der Waals surface area contributed by atoms with Crippen molar-refractivity contribution in [3.8, 4) is 0 Å². The molecule has 7 heteroatoms. The number of aromatic nitrogens is 1. The molecule has 1 saturated heterocycles. The summed E-state index contributed by atoms with van der Waals surface area (Å²) in [4.78, 5) is 6.59. The Morgan fingerprint density at radius 2 is 2.04 bits per heavy atom. The summed E-state index contributed by atoms with van der Waals surface area (Å²) in [6.45, 7) is 7.35. The van der Waals surface area contributed by atoms with Crippen LogP contribution in [0.25, 0.3) is 11.1 Å². The zero-order valence-electron chi connectivity index (χ0n) is 14.5. The van der Waals surface area contributed by atoms with Crippen molar-refractivity contribution in [3.63, 3.8) is 0 Å². The normalized spacial score (nSPS) is 20.6. The minimum absolute atomic E-state index is 0.0879. The van der Waals surface area contributed by atoms with Gasteiger partial charge < -0.3 is 9.32 Å². The lowest BCUT2D eigenvalue weighted by Gasteiger charge is -2.29. The van der Waals surface area contributed by atoms with Crippen LogP contribution in [-0.2, 0) is 15.3 Å². The average Bonchev–Trinajstić information content (AvgIpc) is 2.90. The number of rotatable bonds is 2. The zero-order valence-corrected chi connectivity index (χ0v) is 16.0. The van der Waals surface area contributed by atoms with Gasteiger partial charge in [-0.3, -0.25) is 0 Å². The first kappa shape index (κ1) is 17.7. The lowest BCUT2D eigenvalue weighted by atomic mass is 9.97. The number of hydrogen-bond donors (Lipinski definition) is 0. The second-order valence-electron chi connectivity index (χ2n) is 7.57. The third-order valence-corrected chi connectivity index (χ3v) is 7.07. The number of likely N-dealkylation sites (tertiary alicyclic amines) is 1. The molecule has 0 amide bonds. The summed E-state index contributed by atoms with van der Waals surface area (Å²) in [5.74, 6) is 0.511. The first-order valence-electron chi connectivity index (χ1n) is 8.12. The van der Waals surface area contributed by atoms with Crippen molar-refractivity contribution in [2.45, 2.75) is 49.2 Å². The molecule has 0 saturated carbocycles. The molecule has 0 spiro atoms. The van der Waals surface area contributed by atoms with Crippen LogP contribution >= 0.6 is 11.6 Å². The highest BCUT2D eigenvalue weighted by molar-refractivity contribution is 7.92. The maximum Gasteiger partial charge on any atom is 0.200 e. The highest BCUT2D eigenvalue weighted by atomic mass is 35.5. The number of fused-ring (bicyclic) bond motifs is 1. The first-order chi connectivity index (χ1) is 11.1. The van der Waals surface area contributed by atoms with Gasteiger partial charge in [0.05, 0.1) is 10.3 Å². The lowest BCUT2D eigenvalue weighted by molar-refractivity contribution is 0.278. The molecule has 132 valence electrons. The van der Waals surface area contributed by atoms with E-state index in [-0.39, 0.29) is 20.9 Å². The van der Waals surface area contributed by atoms with Crippen molar-refractivity contribution >= 4 is 32.5 Å². The van der Waals surface area contributed by atoms with Crippen LogP contribution in [0.4, 0.5) is 0 Å². The second-order valence-corrected chi connectivity index (χ2v) is 10.1. The van der Waals surface area contributed by atoms with Crippen molar-refractivity contribution in [2.75, 3.05) is 20.1 Å².